The predicted molar refractivity (Wildman–Crippen MR) is 285 cm³/mol. The highest BCUT2D eigenvalue weighted by Gasteiger charge is 2.50. The first-order valence-electron chi connectivity index (χ1n) is 24.2. The lowest BCUT2D eigenvalue weighted by molar-refractivity contribution is 0.589. The fraction of sp³-hybridized carbons (Fsp3) is 0.279. The maximum Gasteiger partial charge on any atom is 0.297 e. The molecule has 0 spiro atoms. The topological polar surface area (TPSA) is 37.7 Å². The molecule has 10 aromatic rings. The molecular formula is C61H58BN3O2. The summed E-state index contributed by atoms with van der Waals surface area (Å²) in [6, 6.07) is 44.1. The maximum atomic E-state index is 7.45. The van der Waals surface area contributed by atoms with Crippen molar-refractivity contribution < 1.29 is 8.83 Å². The van der Waals surface area contributed by atoms with Crippen molar-refractivity contribution in [3.8, 4) is 5.69 Å². The number of rotatable bonds is 1. The summed E-state index contributed by atoms with van der Waals surface area (Å²) in [4.78, 5) is 5.17. The molecule has 3 aliphatic rings. The zero-order valence-corrected chi connectivity index (χ0v) is 41.2. The van der Waals surface area contributed by atoms with Crippen LogP contribution in [0.4, 0.5) is 34.1 Å². The van der Waals surface area contributed by atoms with E-state index in [0.717, 1.165) is 49.9 Å². The second-order valence-corrected chi connectivity index (χ2v) is 24.0. The van der Waals surface area contributed by atoms with Gasteiger partial charge in [0.05, 0.1) is 39.4 Å². The van der Waals surface area contributed by atoms with Gasteiger partial charge in [-0.1, -0.05) is 119 Å². The van der Waals surface area contributed by atoms with Crippen LogP contribution in [0.15, 0.2) is 124 Å². The van der Waals surface area contributed by atoms with E-state index in [1.165, 1.54) is 89.0 Å². The highest BCUT2D eigenvalue weighted by molar-refractivity contribution is 7.00. The lowest BCUT2D eigenvalue weighted by Crippen LogP contribution is -2.61. The fourth-order valence-electron chi connectivity index (χ4n) is 11.6. The van der Waals surface area contributed by atoms with E-state index in [0.29, 0.717) is 0 Å². The summed E-state index contributed by atoms with van der Waals surface area (Å²) in [5.41, 5.74) is 23.2. The van der Waals surface area contributed by atoms with E-state index in [1.807, 2.05) is 0 Å². The van der Waals surface area contributed by atoms with E-state index >= 15 is 0 Å². The van der Waals surface area contributed by atoms with Gasteiger partial charge in [-0.15, -0.1) is 0 Å². The number of benzene rings is 7. The number of hydrogen-bond acceptors (Lipinski definition) is 4. The largest absolute Gasteiger partial charge is 0.468 e. The van der Waals surface area contributed by atoms with Gasteiger partial charge in [-0.05, 0) is 146 Å². The van der Waals surface area contributed by atoms with Crippen LogP contribution in [0.2, 0.25) is 0 Å². The number of furan rings is 2. The van der Waals surface area contributed by atoms with Gasteiger partial charge in [0, 0.05) is 44.0 Å². The summed E-state index contributed by atoms with van der Waals surface area (Å²) in [6.45, 7) is 30.1. The van der Waals surface area contributed by atoms with Crippen LogP contribution < -0.4 is 26.4 Å². The van der Waals surface area contributed by atoms with Crippen LogP contribution in [-0.4, -0.2) is 11.3 Å². The van der Waals surface area contributed by atoms with Gasteiger partial charge in [0.2, 0.25) is 0 Å². The second-order valence-electron chi connectivity index (χ2n) is 24.0. The third-order valence-corrected chi connectivity index (χ3v) is 15.3. The number of nitrogens with zero attached hydrogens (tertiary/aromatic N) is 3. The fourth-order valence-corrected chi connectivity index (χ4v) is 11.6. The minimum Gasteiger partial charge on any atom is -0.468 e. The highest BCUT2D eigenvalue weighted by atomic mass is 16.3. The Balaban J connectivity index is 1.20. The van der Waals surface area contributed by atoms with Gasteiger partial charge in [-0.3, -0.25) is 0 Å². The average Bonchev–Trinajstić information content (AvgIpc) is 3.93. The van der Waals surface area contributed by atoms with E-state index in [1.54, 1.807) is 0 Å². The van der Waals surface area contributed by atoms with Crippen molar-refractivity contribution in [2.75, 3.05) is 9.80 Å². The van der Waals surface area contributed by atoms with Gasteiger partial charge in [0.1, 0.15) is 16.7 Å². The van der Waals surface area contributed by atoms with E-state index in [2.05, 4.69) is 220 Å². The van der Waals surface area contributed by atoms with Crippen LogP contribution in [0.5, 0.6) is 0 Å². The van der Waals surface area contributed by atoms with Crippen LogP contribution in [0.1, 0.15) is 111 Å². The molecule has 0 atom stereocenters. The number of fused-ring (bicyclic) bond motifs is 14. The summed E-state index contributed by atoms with van der Waals surface area (Å²) < 4.78 is 16.5. The van der Waals surface area contributed by atoms with E-state index in [9.17, 15) is 0 Å². The molecule has 6 heteroatoms. The monoisotopic (exact) mass is 875 g/mol. The summed E-state index contributed by atoms with van der Waals surface area (Å²) in [5.74, 6) is 0. The Morgan fingerprint density at radius 1 is 0.433 bits per heavy atom. The minimum atomic E-state index is -0.176. The Labute approximate surface area is 394 Å². The molecule has 0 aliphatic carbocycles. The number of aryl methyl sites for hydroxylation is 1. The molecule has 7 aromatic carbocycles. The summed E-state index contributed by atoms with van der Waals surface area (Å²) in [7, 11) is 0. The molecule has 5 nitrogen and oxygen atoms in total. The molecule has 3 aromatic heterocycles. The molecule has 67 heavy (non-hydrogen) atoms. The third-order valence-electron chi connectivity index (χ3n) is 15.3. The summed E-state index contributed by atoms with van der Waals surface area (Å²) in [6.07, 6.45) is 0. The molecule has 0 N–H and O–H groups in total. The molecule has 0 bridgehead atoms. The Kier molecular flexibility index (Phi) is 7.79. The van der Waals surface area contributed by atoms with Crippen molar-refractivity contribution in [1.29, 1.82) is 0 Å². The minimum absolute atomic E-state index is 0.00108. The lowest BCUT2D eigenvalue weighted by atomic mass is 9.35. The zero-order chi connectivity index (χ0) is 46.6. The highest BCUT2D eigenvalue weighted by Crippen LogP contribution is 2.55. The second kappa shape index (κ2) is 12.9. The standard InChI is InChI=1S/C61H58BN3O2/c1-33-24-46-53-47(25-33)65-48-30-36(60(8,9)10)28-42-40-26-34(58(2,3)4)18-21-45(40)64(54(42)48)49-31-37(61(11,12)13)29-44(56(49)65)62(53)57-55(43-27-35(59(5,6)7)19-22-52(43)67-57)63(46)38-20-23-51-41(32-38)39-16-14-15-17-50(39)66-51/h14-32H,1-13H3. The van der Waals surface area contributed by atoms with Gasteiger partial charge in [-0.2, -0.15) is 0 Å². The normalized spacial score (nSPS) is 14.6. The average molecular weight is 876 g/mol. The van der Waals surface area contributed by atoms with E-state index in [-0.39, 0.29) is 28.4 Å². The molecule has 0 radical (unpaired) electrons. The predicted octanol–water partition coefficient (Wildman–Crippen LogP) is 15.3. The maximum absolute atomic E-state index is 7.45. The molecule has 0 saturated heterocycles. The smallest absolute Gasteiger partial charge is 0.297 e. The van der Waals surface area contributed by atoms with Crippen LogP contribution >= 0.6 is 0 Å². The first-order valence-corrected chi connectivity index (χ1v) is 24.2. The van der Waals surface area contributed by atoms with E-state index in [4.69, 9.17) is 8.83 Å². The molecule has 0 amide bonds. The molecule has 3 aliphatic heterocycles. The molecule has 0 saturated carbocycles. The molecule has 332 valence electrons. The summed E-state index contributed by atoms with van der Waals surface area (Å²) >= 11 is 0. The van der Waals surface area contributed by atoms with Gasteiger partial charge in [0.15, 0.2) is 0 Å². The van der Waals surface area contributed by atoms with Crippen LogP contribution in [0.3, 0.4) is 0 Å². The quantitative estimate of drug-likeness (QED) is 0.154. The van der Waals surface area contributed by atoms with Gasteiger partial charge >= 0.3 is 0 Å². The number of aromatic nitrogens is 1. The van der Waals surface area contributed by atoms with Gasteiger partial charge in [0.25, 0.3) is 6.71 Å². The molecule has 6 heterocycles. The lowest BCUT2D eigenvalue weighted by Gasteiger charge is -2.45. The summed E-state index contributed by atoms with van der Waals surface area (Å²) in [5, 5.41) is 5.95. The Morgan fingerprint density at radius 3 is 1.73 bits per heavy atom. The Hall–Kier alpha value is -6.66. The SMILES string of the molecule is Cc1cc2c3c(c1)N1c4c(cc(C(C)(C)C)cc4-n4c5ccc(C(C)(C)C)cc5c5cc(C(C)(C)C)cc1c54)B3c1oc3ccc(C(C)(C)C)cc3c1N2c1ccc2oc3ccccc3c2c1. The number of para-hydroxylation sites is 1. The molecule has 0 fully saturated rings. The van der Waals surface area contributed by atoms with E-state index < -0.39 is 0 Å². The van der Waals surface area contributed by atoms with Crippen molar-refractivity contribution in [3.63, 3.8) is 0 Å². The van der Waals surface area contributed by atoms with Crippen LogP contribution in [0.25, 0.3) is 60.4 Å². The Morgan fingerprint density at radius 2 is 1.01 bits per heavy atom. The molecular weight excluding hydrogens is 818 g/mol. The van der Waals surface area contributed by atoms with Crippen LogP contribution in [-0.2, 0) is 21.7 Å². The Bertz CT molecular complexity index is 3830. The van der Waals surface area contributed by atoms with Crippen molar-refractivity contribution in [2.45, 2.75) is 112 Å². The van der Waals surface area contributed by atoms with Crippen molar-refractivity contribution in [2.24, 2.45) is 0 Å². The van der Waals surface area contributed by atoms with Gasteiger partial charge in [-0.25, -0.2) is 0 Å². The number of anilines is 6. The third kappa shape index (κ3) is 5.56. The number of hydrogen-bond donors (Lipinski definition) is 0. The molecule has 13 rings (SSSR count). The molecule has 0 unspecified atom stereocenters. The van der Waals surface area contributed by atoms with Crippen molar-refractivity contribution in [1.82, 2.24) is 4.57 Å². The zero-order valence-electron chi connectivity index (χ0n) is 41.2. The van der Waals surface area contributed by atoms with Crippen molar-refractivity contribution in [3.05, 3.63) is 143 Å². The first-order chi connectivity index (χ1) is 31.6. The van der Waals surface area contributed by atoms with Crippen molar-refractivity contribution >= 4 is 112 Å². The first kappa shape index (κ1) is 40.6. The van der Waals surface area contributed by atoms with Gasteiger partial charge < -0.3 is 23.2 Å². The van der Waals surface area contributed by atoms with Crippen LogP contribution in [0, 0.1) is 6.92 Å².